The molecule has 186 valence electrons. The molecule has 0 aromatic heterocycles. The Morgan fingerprint density at radius 1 is 1.14 bits per heavy atom. The van der Waals surface area contributed by atoms with Crippen LogP contribution in [0.15, 0.2) is 53.7 Å². The van der Waals surface area contributed by atoms with Crippen molar-refractivity contribution in [2.45, 2.75) is 13.3 Å². The van der Waals surface area contributed by atoms with Gasteiger partial charge in [0.25, 0.3) is 17.7 Å². The van der Waals surface area contributed by atoms with Gasteiger partial charge < -0.3 is 14.8 Å². The maximum absolute atomic E-state index is 13.0. The van der Waals surface area contributed by atoms with Crippen molar-refractivity contribution in [3.8, 4) is 11.5 Å². The van der Waals surface area contributed by atoms with E-state index in [9.17, 15) is 18.8 Å². The molecule has 1 heterocycles. The third-order valence-electron chi connectivity index (χ3n) is 6.58. The number of anilines is 1. The molecule has 8 nitrogen and oxygen atoms in total. The quantitative estimate of drug-likeness (QED) is 0.328. The van der Waals surface area contributed by atoms with E-state index in [1.807, 2.05) is 12.2 Å². The van der Waals surface area contributed by atoms with Crippen molar-refractivity contribution < 1.29 is 28.2 Å². The monoisotopic (exact) mass is 511 g/mol. The fourth-order valence-electron chi connectivity index (χ4n) is 5.06. The average molecular weight is 512 g/mol. The fourth-order valence-corrected chi connectivity index (χ4v) is 5.33. The topological polar surface area (TPSA) is 97.3 Å². The molecule has 1 saturated carbocycles. The number of hydrogen-bond acceptors (Lipinski definition) is 6. The molecule has 2 aromatic rings. The normalized spacial score (nSPS) is 24.0. The van der Waals surface area contributed by atoms with Crippen LogP contribution in [0.5, 0.6) is 11.5 Å². The molecule has 2 aliphatic carbocycles. The zero-order valence-electron chi connectivity index (χ0n) is 19.3. The highest BCUT2D eigenvalue weighted by molar-refractivity contribution is 6.32. The number of hydrogen-bond donors (Lipinski definition) is 1. The summed E-state index contributed by atoms with van der Waals surface area (Å²) >= 11 is 6.41. The molecule has 2 bridgehead atoms. The van der Waals surface area contributed by atoms with Crippen LogP contribution in [0.3, 0.4) is 0 Å². The Labute approximate surface area is 211 Å². The Balaban J connectivity index is 1.28. The third kappa shape index (κ3) is 4.46. The molecule has 10 heteroatoms. The average Bonchev–Trinajstić information content (AvgIpc) is 3.53. The third-order valence-corrected chi connectivity index (χ3v) is 6.86. The van der Waals surface area contributed by atoms with Gasteiger partial charge in [0.1, 0.15) is 5.82 Å². The lowest BCUT2D eigenvalue weighted by atomic mass is 9.85. The van der Waals surface area contributed by atoms with Gasteiger partial charge in [-0.25, -0.2) is 4.39 Å². The molecule has 3 aliphatic rings. The molecule has 1 aliphatic heterocycles. The van der Waals surface area contributed by atoms with Crippen LogP contribution in [0.1, 0.15) is 18.9 Å². The Bertz CT molecular complexity index is 1250. The van der Waals surface area contributed by atoms with Crippen LogP contribution in [0, 0.1) is 29.5 Å². The molecule has 2 aromatic carbocycles. The van der Waals surface area contributed by atoms with Gasteiger partial charge in [-0.15, -0.1) is 0 Å². The van der Waals surface area contributed by atoms with E-state index in [1.54, 1.807) is 13.0 Å². The van der Waals surface area contributed by atoms with Crippen molar-refractivity contribution in [1.29, 1.82) is 0 Å². The summed E-state index contributed by atoms with van der Waals surface area (Å²) in [6, 6.07) is 8.48. The van der Waals surface area contributed by atoms with Crippen LogP contribution in [-0.2, 0) is 14.4 Å². The molecule has 3 amide bonds. The molecular weight excluding hydrogens is 489 g/mol. The van der Waals surface area contributed by atoms with E-state index in [4.69, 9.17) is 21.1 Å². The molecular formula is C26H23ClFN3O5. The van der Waals surface area contributed by atoms with Crippen LogP contribution in [0.25, 0.3) is 0 Å². The van der Waals surface area contributed by atoms with Gasteiger partial charge in [0.2, 0.25) is 0 Å². The van der Waals surface area contributed by atoms with E-state index in [2.05, 4.69) is 10.4 Å². The Hall–Kier alpha value is -3.72. The minimum Gasteiger partial charge on any atom is -0.490 e. The summed E-state index contributed by atoms with van der Waals surface area (Å²) in [4.78, 5) is 37.9. The molecule has 2 fully saturated rings. The van der Waals surface area contributed by atoms with Crippen LogP contribution < -0.4 is 14.8 Å². The van der Waals surface area contributed by atoms with Gasteiger partial charge in [0.15, 0.2) is 18.1 Å². The Morgan fingerprint density at radius 3 is 2.44 bits per heavy atom. The van der Waals surface area contributed by atoms with E-state index in [0.29, 0.717) is 17.9 Å². The van der Waals surface area contributed by atoms with Crippen LogP contribution >= 0.6 is 11.6 Å². The SMILES string of the molecule is CCOc1cc(C=NN2C(=O)[C@@H]3[C@H](C2=O)[C@H]2C=C[C@H]3C2)cc(Cl)c1OCC(=O)Nc1ccc(F)cc1. The number of nitrogens with zero attached hydrogens (tertiary/aromatic N) is 2. The number of hydrazone groups is 1. The van der Waals surface area contributed by atoms with Gasteiger partial charge in [-0.1, -0.05) is 23.8 Å². The van der Waals surface area contributed by atoms with Crippen molar-refractivity contribution >= 4 is 41.2 Å². The second kappa shape index (κ2) is 9.73. The second-order valence-electron chi connectivity index (χ2n) is 8.84. The number of amides is 3. The van der Waals surface area contributed by atoms with Crippen molar-refractivity contribution in [3.05, 3.63) is 65.0 Å². The number of fused-ring (bicyclic) bond motifs is 5. The number of nitrogens with one attached hydrogen (secondary N) is 1. The van der Waals surface area contributed by atoms with Gasteiger partial charge in [-0.05, 0) is 67.1 Å². The molecule has 0 radical (unpaired) electrons. The van der Waals surface area contributed by atoms with Crippen LogP contribution in [0.4, 0.5) is 10.1 Å². The van der Waals surface area contributed by atoms with Crippen molar-refractivity contribution in [3.63, 3.8) is 0 Å². The first-order valence-corrected chi connectivity index (χ1v) is 12.0. The van der Waals surface area contributed by atoms with Crippen LogP contribution in [-0.4, -0.2) is 42.2 Å². The van der Waals surface area contributed by atoms with Crippen molar-refractivity contribution in [1.82, 2.24) is 5.01 Å². The van der Waals surface area contributed by atoms with Crippen molar-refractivity contribution in [2.24, 2.45) is 28.8 Å². The number of allylic oxidation sites excluding steroid dienone is 2. The molecule has 1 saturated heterocycles. The minimum atomic E-state index is -0.467. The number of halogens is 2. The standard InChI is InChI=1S/C26H23ClFN3O5/c1-2-35-20-10-14(12-29-31-25(33)22-15-3-4-16(11-15)23(22)26(31)34)9-19(27)24(20)36-13-21(32)30-18-7-5-17(28)6-8-18/h3-10,12,15-16,22-23H,2,11,13H2,1H3,(H,30,32)/t15-,16-,22-,23+/m0/s1. The van der Waals surface area contributed by atoms with E-state index in [0.717, 1.165) is 11.4 Å². The highest BCUT2D eigenvalue weighted by Gasteiger charge is 2.59. The first-order valence-electron chi connectivity index (χ1n) is 11.6. The molecule has 0 unspecified atom stereocenters. The number of carbonyl (C=O) groups is 3. The predicted octanol–water partition coefficient (Wildman–Crippen LogP) is 4.04. The zero-order chi connectivity index (χ0) is 25.4. The maximum Gasteiger partial charge on any atom is 0.262 e. The molecule has 0 spiro atoms. The number of carbonyl (C=O) groups excluding carboxylic acids is 3. The molecule has 36 heavy (non-hydrogen) atoms. The summed E-state index contributed by atoms with van der Waals surface area (Å²) in [6.45, 7) is 1.72. The van der Waals surface area contributed by atoms with Gasteiger partial charge >= 0.3 is 0 Å². The first-order chi connectivity index (χ1) is 17.4. The number of rotatable bonds is 8. The van der Waals surface area contributed by atoms with Crippen molar-refractivity contribution in [2.75, 3.05) is 18.5 Å². The lowest BCUT2D eigenvalue weighted by Crippen LogP contribution is -2.28. The van der Waals surface area contributed by atoms with E-state index >= 15 is 0 Å². The lowest BCUT2D eigenvalue weighted by Gasteiger charge is -2.15. The zero-order valence-corrected chi connectivity index (χ0v) is 20.1. The van der Waals surface area contributed by atoms with E-state index < -0.39 is 11.7 Å². The summed E-state index contributed by atoms with van der Waals surface area (Å²) in [6.07, 6.45) is 6.28. The molecule has 1 N–H and O–H groups in total. The number of ether oxygens (including phenoxy) is 2. The van der Waals surface area contributed by atoms with Gasteiger partial charge in [0.05, 0.1) is 29.7 Å². The summed E-state index contributed by atoms with van der Waals surface area (Å²) in [7, 11) is 0. The first kappa shape index (κ1) is 24.0. The summed E-state index contributed by atoms with van der Waals surface area (Å²) in [5.41, 5.74) is 0.914. The smallest absolute Gasteiger partial charge is 0.262 e. The van der Waals surface area contributed by atoms with Gasteiger partial charge in [-0.3, -0.25) is 14.4 Å². The maximum atomic E-state index is 13.0. The van der Waals surface area contributed by atoms with Gasteiger partial charge in [-0.2, -0.15) is 10.1 Å². The fraction of sp³-hybridized carbons (Fsp3) is 0.308. The lowest BCUT2D eigenvalue weighted by molar-refractivity contribution is -0.140. The number of imide groups is 1. The minimum absolute atomic E-state index is 0.104. The van der Waals surface area contributed by atoms with E-state index in [-0.39, 0.29) is 58.6 Å². The largest absolute Gasteiger partial charge is 0.490 e. The summed E-state index contributed by atoms with van der Waals surface area (Å²) < 4.78 is 24.3. The molecule has 5 rings (SSSR count). The molecule has 4 atom stereocenters. The Kier molecular flexibility index (Phi) is 6.49. The predicted molar refractivity (Wildman–Crippen MR) is 130 cm³/mol. The summed E-state index contributed by atoms with van der Waals surface area (Å²) in [5.74, 6) is -1.44. The van der Waals surface area contributed by atoms with E-state index in [1.165, 1.54) is 36.5 Å². The number of benzene rings is 2. The van der Waals surface area contributed by atoms with Gasteiger partial charge in [0, 0.05) is 5.69 Å². The Morgan fingerprint density at radius 2 is 1.81 bits per heavy atom. The highest BCUT2D eigenvalue weighted by Crippen LogP contribution is 2.52. The van der Waals surface area contributed by atoms with Crippen LogP contribution in [0.2, 0.25) is 5.02 Å². The second-order valence-corrected chi connectivity index (χ2v) is 9.25. The highest BCUT2D eigenvalue weighted by atomic mass is 35.5. The summed E-state index contributed by atoms with van der Waals surface area (Å²) in [5, 5.41) is 7.89.